The minimum atomic E-state index is -0.0121. The Morgan fingerprint density at radius 3 is 2.12 bits per heavy atom. The van der Waals surface area contributed by atoms with Crippen LogP contribution in [0.25, 0.3) is 0 Å². The minimum absolute atomic E-state index is 0. The van der Waals surface area contributed by atoms with Crippen LogP contribution in [0.3, 0.4) is 0 Å². The Kier molecular flexibility index (Phi) is 13.5. The van der Waals surface area contributed by atoms with Crippen molar-refractivity contribution >= 4 is 24.2 Å². The predicted molar refractivity (Wildman–Crippen MR) is 66.5 cm³/mol. The molecule has 0 aromatic rings. The number of nitrogens with two attached hydrogens (primary N) is 1. The van der Waals surface area contributed by atoms with Gasteiger partial charge in [-0.15, -0.1) is 12.4 Å². The first-order valence-electron chi connectivity index (χ1n) is 5.38. The van der Waals surface area contributed by atoms with E-state index in [0.29, 0.717) is 26.1 Å². The third-order valence-electron chi connectivity index (χ3n) is 1.91. The molecule has 0 aromatic heterocycles. The summed E-state index contributed by atoms with van der Waals surface area (Å²) < 4.78 is 0. The quantitative estimate of drug-likeness (QED) is 0.538. The average molecular weight is 252 g/mol. The molecule has 0 radical (unpaired) electrons. The van der Waals surface area contributed by atoms with Gasteiger partial charge in [0, 0.05) is 26.4 Å². The number of halogens is 1. The van der Waals surface area contributed by atoms with Gasteiger partial charge in [-0.1, -0.05) is 0 Å². The second-order valence-electron chi connectivity index (χ2n) is 3.43. The number of hydrogen-bond acceptors (Lipinski definition) is 3. The number of rotatable bonds is 8. The van der Waals surface area contributed by atoms with E-state index in [0.717, 1.165) is 19.3 Å². The summed E-state index contributed by atoms with van der Waals surface area (Å²) in [6.07, 6.45) is 3.01. The average Bonchev–Trinajstić information content (AvgIpc) is 2.19. The van der Waals surface area contributed by atoms with E-state index in [4.69, 9.17) is 5.73 Å². The van der Waals surface area contributed by atoms with Crippen molar-refractivity contribution in [3.8, 4) is 0 Å². The Balaban J connectivity index is 0. The summed E-state index contributed by atoms with van der Waals surface area (Å²) in [5, 5.41) is 5.50. The van der Waals surface area contributed by atoms with Crippen LogP contribution in [0.4, 0.5) is 0 Å². The fourth-order valence-corrected chi connectivity index (χ4v) is 1.09. The van der Waals surface area contributed by atoms with Gasteiger partial charge in [-0.2, -0.15) is 0 Å². The van der Waals surface area contributed by atoms with E-state index in [1.54, 1.807) is 0 Å². The standard InChI is InChI=1S/C10H21N3O2.ClH/c1-9(14)12-7-2-3-8-13-10(15)5-4-6-11;/h2-8,11H2,1H3,(H,12,14)(H,13,15);1H. The predicted octanol–water partition coefficient (Wildman–Crippen LogP) is 0.180. The van der Waals surface area contributed by atoms with Gasteiger partial charge < -0.3 is 16.4 Å². The van der Waals surface area contributed by atoms with E-state index in [1.165, 1.54) is 6.92 Å². The van der Waals surface area contributed by atoms with Gasteiger partial charge in [0.05, 0.1) is 0 Å². The normalized spacial score (nSPS) is 9.12. The molecule has 0 saturated heterocycles. The van der Waals surface area contributed by atoms with Crippen molar-refractivity contribution in [1.82, 2.24) is 10.6 Å². The van der Waals surface area contributed by atoms with Crippen molar-refractivity contribution in [2.45, 2.75) is 32.6 Å². The van der Waals surface area contributed by atoms with Crippen LogP contribution in [0.15, 0.2) is 0 Å². The first-order chi connectivity index (χ1) is 7.16. The molecule has 0 fully saturated rings. The van der Waals surface area contributed by atoms with Gasteiger partial charge in [-0.05, 0) is 25.8 Å². The van der Waals surface area contributed by atoms with Gasteiger partial charge in [0.25, 0.3) is 0 Å². The van der Waals surface area contributed by atoms with E-state index < -0.39 is 0 Å². The summed E-state index contributed by atoms with van der Waals surface area (Å²) in [7, 11) is 0. The molecule has 5 nitrogen and oxygen atoms in total. The maximum absolute atomic E-state index is 11.1. The van der Waals surface area contributed by atoms with Crippen molar-refractivity contribution < 1.29 is 9.59 Å². The lowest BCUT2D eigenvalue weighted by Crippen LogP contribution is -2.26. The molecule has 4 N–H and O–H groups in total. The lowest BCUT2D eigenvalue weighted by molar-refractivity contribution is -0.121. The molecule has 0 rings (SSSR count). The maximum Gasteiger partial charge on any atom is 0.220 e. The number of unbranched alkanes of at least 4 members (excludes halogenated alkanes) is 1. The highest BCUT2D eigenvalue weighted by molar-refractivity contribution is 5.85. The van der Waals surface area contributed by atoms with Crippen LogP contribution in [0, 0.1) is 0 Å². The van der Waals surface area contributed by atoms with Crippen molar-refractivity contribution in [3.63, 3.8) is 0 Å². The van der Waals surface area contributed by atoms with Crippen molar-refractivity contribution in [2.24, 2.45) is 5.73 Å². The van der Waals surface area contributed by atoms with Crippen LogP contribution >= 0.6 is 12.4 Å². The zero-order valence-electron chi connectivity index (χ0n) is 9.75. The molecule has 2 amide bonds. The molecule has 6 heteroatoms. The van der Waals surface area contributed by atoms with Gasteiger partial charge in [-0.25, -0.2) is 0 Å². The molecule has 0 heterocycles. The Hall–Kier alpha value is -0.810. The third-order valence-corrected chi connectivity index (χ3v) is 1.91. The highest BCUT2D eigenvalue weighted by Gasteiger charge is 1.98. The smallest absolute Gasteiger partial charge is 0.220 e. The molecule has 0 aromatic carbocycles. The van der Waals surface area contributed by atoms with Crippen LogP contribution < -0.4 is 16.4 Å². The van der Waals surface area contributed by atoms with E-state index in [9.17, 15) is 9.59 Å². The Morgan fingerprint density at radius 1 is 1.06 bits per heavy atom. The molecule has 0 atom stereocenters. The lowest BCUT2D eigenvalue weighted by Gasteiger charge is -2.04. The monoisotopic (exact) mass is 251 g/mol. The fourth-order valence-electron chi connectivity index (χ4n) is 1.09. The molecule has 16 heavy (non-hydrogen) atoms. The minimum Gasteiger partial charge on any atom is -0.356 e. The van der Waals surface area contributed by atoms with Gasteiger partial charge in [0.15, 0.2) is 0 Å². The SMILES string of the molecule is CC(=O)NCCCCNC(=O)CCCN.Cl. The first-order valence-corrected chi connectivity index (χ1v) is 5.38. The van der Waals surface area contributed by atoms with Gasteiger partial charge in [0.1, 0.15) is 0 Å². The maximum atomic E-state index is 11.1. The molecule has 0 aliphatic carbocycles. The Morgan fingerprint density at radius 2 is 1.62 bits per heavy atom. The van der Waals surface area contributed by atoms with Crippen LogP contribution in [-0.2, 0) is 9.59 Å². The second kappa shape index (κ2) is 12.3. The van der Waals surface area contributed by atoms with Crippen LogP contribution in [0.2, 0.25) is 0 Å². The van der Waals surface area contributed by atoms with Crippen LogP contribution in [0.1, 0.15) is 32.6 Å². The molecular formula is C10H22ClN3O2. The molecule has 0 aliphatic heterocycles. The summed E-state index contributed by atoms with van der Waals surface area (Å²) in [6.45, 7) is 3.39. The van der Waals surface area contributed by atoms with Crippen molar-refractivity contribution in [2.75, 3.05) is 19.6 Å². The van der Waals surface area contributed by atoms with Gasteiger partial charge in [-0.3, -0.25) is 9.59 Å². The molecule has 96 valence electrons. The van der Waals surface area contributed by atoms with E-state index in [1.807, 2.05) is 0 Å². The Bertz CT molecular complexity index is 201. The van der Waals surface area contributed by atoms with Crippen LogP contribution in [-0.4, -0.2) is 31.4 Å². The van der Waals surface area contributed by atoms with Crippen molar-refractivity contribution in [3.05, 3.63) is 0 Å². The fraction of sp³-hybridized carbons (Fsp3) is 0.800. The summed E-state index contributed by atoms with van der Waals surface area (Å²) in [5.41, 5.74) is 5.28. The summed E-state index contributed by atoms with van der Waals surface area (Å²) in [4.78, 5) is 21.6. The molecule has 0 unspecified atom stereocenters. The highest BCUT2D eigenvalue weighted by Crippen LogP contribution is 1.88. The number of nitrogens with one attached hydrogen (secondary N) is 2. The van der Waals surface area contributed by atoms with E-state index in [2.05, 4.69) is 10.6 Å². The number of carbonyl (C=O) groups excluding carboxylic acids is 2. The molecule has 0 saturated carbocycles. The number of hydrogen-bond donors (Lipinski definition) is 3. The number of amides is 2. The second-order valence-corrected chi connectivity index (χ2v) is 3.43. The van der Waals surface area contributed by atoms with E-state index in [-0.39, 0.29) is 24.2 Å². The van der Waals surface area contributed by atoms with Gasteiger partial charge >= 0.3 is 0 Å². The highest BCUT2D eigenvalue weighted by atomic mass is 35.5. The third kappa shape index (κ3) is 13.2. The molecule has 0 spiro atoms. The zero-order valence-corrected chi connectivity index (χ0v) is 10.6. The lowest BCUT2D eigenvalue weighted by atomic mass is 10.2. The number of carbonyl (C=O) groups is 2. The van der Waals surface area contributed by atoms with Gasteiger partial charge in [0.2, 0.25) is 11.8 Å². The summed E-state index contributed by atoms with van der Waals surface area (Å²) in [5.74, 6) is 0.0435. The molecule has 0 bridgehead atoms. The molecule has 0 aliphatic rings. The first kappa shape index (κ1) is 17.6. The van der Waals surface area contributed by atoms with Crippen LogP contribution in [0.5, 0.6) is 0 Å². The summed E-state index contributed by atoms with van der Waals surface area (Å²) in [6, 6.07) is 0. The molecular weight excluding hydrogens is 230 g/mol. The van der Waals surface area contributed by atoms with E-state index >= 15 is 0 Å². The summed E-state index contributed by atoms with van der Waals surface area (Å²) >= 11 is 0. The van der Waals surface area contributed by atoms with Crippen molar-refractivity contribution in [1.29, 1.82) is 0 Å². The largest absolute Gasteiger partial charge is 0.356 e. The topological polar surface area (TPSA) is 84.2 Å². The zero-order chi connectivity index (χ0) is 11.5. The Labute approximate surface area is 103 Å².